The Morgan fingerprint density at radius 2 is 2.47 bits per heavy atom. The number of nitrogens with one attached hydrogen (secondary N) is 1. The fourth-order valence-corrected chi connectivity index (χ4v) is 2.17. The molecule has 0 aliphatic carbocycles. The van der Waals surface area contributed by atoms with Crippen LogP contribution in [0.4, 0.5) is 5.82 Å². The Kier molecular flexibility index (Phi) is 3.66. The molecule has 0 radical (unpaired) electrons. The Hall–Kier alpha value is -1.11. The summed E-state index contributed by atoms with van der Waals surface area (Å²) >= 11 is 5.95. The van der Waals surface area contributed by atoms with Gasteiger partial charge in [-0.25, -0.2) is 4.98 Å². The minimum absolute atomic E-state index is 0.0365. The molecule has 94 valence electrons. The molecule has 1 aromatic heterocycles. The third-order valence-corrected chi connectivity index (χ3v) is 3.01. The van der Waals surface area contributed by atoms with Crippen LogP contribution in [0.15, 0.2) is 11.1 Å². The SMILES string of the molecule is CC1CN(c2nc[nH]c(=O)c2Cl)CC(CN)O1. The third kappa shape index (κ3) is 2.59. The lowest BCUT2D eigenvalue weighted by Crippen LogP contribution is -2.50. The van der Waals surface area contributed by atoms with Crippen LogP contribution in [-0.2, 0) is 4.74 Å². The highest BCUT2D eigenvalue weighted by Crippen LogP contribution is 2.22. The molecule has 2 unspecified atom stereocenters. The van der Waals surface area contributed by atoms with Crippen LogP contribution in [0.5, 0.6) is 0 Å². The van der Waals surface area contributed by atoms with Gasteiger partial charge in [0.25, 0.3) is 5.56 Å². The number of morpholine rings is 1. The topological polar surface area (TPSA) is 84.2 Å². The number of hydrogen-bond acceptors (Lipinski definition) is 5. The number of nitrogens with zero attached hydrogens (tertiary/aromatic N) is 2. The highest BCUT2D eigenvalue weighted by Gasteiger charge is 2.26. The second kappa shape index (κ2) is 5.03. The van der Waals surface area contributed by atoms with Gasteiger partial charge >= 0.3 is 0 Å². The van der Waals surface area contributed by atoms with E-state index >= 15 is 0 Å². The number of aromatic nitrogens is 2. The fourth-order valence-electron chi connectivity index (χ4n) is 1.94. The van der Waals surface area contributed by atoms with Crippen molar-refractivity contribution in [3.05, 3.63) is 21.7 Å². The molecule has 0 spiro atoms. The molecule has 0 saturated carbocycles. The van der Waals surface area contributed by atoms with Gasteiger partial charge in [-0.15, -0.1) is 0 Å². The quantitative estimate of drug-likeness (QED) is 0.779. The van der Waals surface area contributed by atoms with Crippen molar-refractivity contribution < 1.29 is 4.74 Å². The molecule has 6 nitrogen and oxygen atoms in total. The van der Waals surface area contributed by atoms with Crippen molar-refractivity contribution in [2.24, 2.45) is 5.73 Å². The van der Waals surface area contributed by atoms with Crippen LogP contribution >= 0.6 is 11.6 Å². The fraction of sp³-hybridized carbons (Fsp3) is 0.600. The molecule has 1 saturated heterocycles. The Labute approximate surface area is 104 Å². The smallest absolute Gasteiger partial charge is 0.271 e. The minimum Gasteiger partial charge on any atom is -0.370 e. The van der Waals surface area contributed by atoms with E-state index in [-0.39, 0.29) is 22.8 Å². The summed E-state index contributed by atoms with van der Waals surface area (Å²) in [6, 6.07) is 0. The van der Waals surface area contributed by atoms with Crippen LogP contribution in [0, 0.1) is 0 Å². The molecule has 17 heavy (non-hydrogen) atoms. The summed E-state index contributed by atoms with van der Waals surface area (Å²) < 4.78 is 5.63. The van der Waals surface area contributed by atoms with Gasteiger partial charge in [-0.05, 0) is 6.92 Å². The van der Waals surface area contributed by atoms with Crippen LogP contribution in [0.25, 0.3) is 0 Å². The largest absolute Gasteiger partial charge is 0.370 e. The zero-order valence-electron chi connectivity index (χ0n) is 9.52. The molecule has 2 atom stereocenters. The first-order valence-electron chi connectivity index (χ1n) is 5.45. The third-order valence-electron chi connectivity index (χ3n) is 2.67. The molecule has 2 heterocycles. The lowest BCUT2D eigenvalue weighted by Gasteiger charge is -2.37. The Balaban J connectivity index is 2.27. The van der Waals surface area contributed by atoms with Crippen molar-refractivity contribution in [1.29, 1.82) is 0 Å². The van der Waals surface area contributed by atoms with E-state index in [0.717, 1.165) is 0 Å². The van der Waals surface area contributed by atoms with E-state index in [4.69, 9.17) is 22.1 Å². The van der Waals surface area contributed by atoms with Gasteiger partial charge in [0, 0.05) is 19.6 Å². The molecular formula is C10H15ClN4O2. The maximum absolute atomic E-state index is 11.4. The maximum atomic E-state index is 11.4. The summed E-state index contributed by atoms with van der Waals surface area (Å²) in [5, 5.41) is 0.109. The summed E-state index contributed by atoms with van der Waals surface area (Å²) in [5.74, 6) is 0.490. The molecule has 2 rings (SSSR count). The van der Waals surface area contributed by atoms with Gasteiger partial charge < -0.3 is 20.4 Å². The van der Waals surface area contributed by atoms with Gasteiger partial charge in [-0.1, -0.05) is 11.6 Å². The van der Waals surface area contributed by atoms with Gasteiger partial charge in [0.15, 0.2) is 5.82 Å². The lowest BCUT2D eigenvalue weighted by molar-refractivity contribution is -0.0107. The molecule has 1 aliphatic rings. The molecule has 1 aliphatic heterocycles. The van der Waals surface area contributed by atoms with E-state index in [0.29, 0.717) is 25.5 Å². The van der Waals surface area contributed by atoms with Crippen molar-refractivity contribution in [1.82, 2.24) is 9.97 Å². The number of halogens is 1. The van der Waals surface area contributed by atoms with Crippen LogP contribution in [0.1, 0.15) is 6.92 Å². The first kappa shape index (κ1) is 12.3. The van der Waals surface area contributed by atoms with Crippen molar-refractivity contribution in [3.63, 3.8) is 0 Å². The minimum atomic E-state index is -0.333. The number of hydrogen-bond donors (Lipinski definition) is 2. The number of rotatable bonds is 2. The summed E-state index contributed by atoms with van der Waals surface area (Å²) in [6.07, 6.45) is 1.33. The monoisotopic (exact) mass is 258 g/mol. The van der Waals surface area contributed by atoms with Crippen LogP contribution in [-0.4, -0.2) is 41.8 Å². The van der Waals surface area contributed by atoms with Crippen molar-refractivity contribution in [3.8, 4) is 0 Å². The summed E-state index contributed by atoms with van der Waals surface area (Å²) in [5.41, 5.74) is 5.27. The van der Waals surface area contributed by atoms with E-state index < -0.39 is 0 Å². The average molecular weight is 259 g/mol. The second-order valence-corrected chi connectivity index (χ2v) is 4.46. The molecule has 3 N–H and O–H groups in total. The average Bonchev–Trinajstić information content (AvgIpc) is 2.31. The van der Waals surface area contributed by atoms with Gasteiger partial charge in [-0.2, -0.15) is 0 Å². The number of ether oxygens (including phenoxy) is 1. The van der Waals surface area contributed by atoms with Crippen molar-refractivity contribution in [2.75, 3.05) is 24.5 Å². The molecule has 0 amide bonds. The first-order valence-corrected chi connectivity index (χ1v) is 5.83. The van der Waals surface area contributed by atoms with Crippen LogP contribution in [0.2, 0.25) is 5.02 Å². The van der Waals surface area contributed by atoms with Gasteiger partial charge in [0.1, 0.15) is 5.02 Å². The lowest BCUT2D eigenvalue weighted by atomic mass is 10.2. The van der Waals surface area contributed by atoms with Crippen molar-refractivity contribution in [2.45, 2.75) is 19.1 Å². The number of H-pyrrole nitrogens is 1. The standard InChI is InChI=1S/C10H15ClN4O2/c1-6-3-15(4-7(2-12)17-6)9-8(11)10(16)14-5-13-9/h5-7H,2-4,12H2,1H3,(H,13,14,16). The van der Waals surface area contributed by atoms with Gasteiger partial charge in [0.2, 0.25) is 0 Å². The van der Waals surface area contributed by atoms with E-state index in [1.54, 1.807) is 0 Å². The van der Waals surface area contributed by atoms with E-state index in [1.807, 2.05) is 11.8 Å². The highest BCUT2D eigenvalue weighted by atomic mass is 35.5. The second-order valence-electron chi connectivity index (χ2n) is 4.08. The summed E-state index contributed by atoms with van der Waals surface area (Å²) in [6.45, 7) is 3.63. The molecule has 0 bridgehead atoms. The molecule has 0 aromatic carbocycles. The Morgan fingerprint density at radius 3 is 3.18 bits per heavy atom. The van der Waals surface area contributed by atoms with E-state index in [2.05, 4.69) is 9.97 Å². The Morgan fingerprint density at radius 1 is 1.71 bits per heavy atom. The van der Waals surface area contributed by atoms with Crippen LogP contribution in [0.3, 0.4) is 0 Å². The summed E-state index contributed by atoms with van der Waals surface area (Å²) in [4.78, 5) is 19.9. The van der Waals surface area contributed by atoms with E-state index in [9.17, 15) is 4.79 Å². The van der Waals surface area contributed by atoms with Crippen LogP contribution < -0.4 is 16.2 Å². The number of nitrogens with two attached hydrogens (primary N) is 1. The van der Waals surface area contributed by atoms with Gasteiger partial charge in [-0.3, -0.25) is 4.79 Å². The van der Waals surface area contributed by atoms with Crippen molar-refractivity contribution >= 4 is 17.4 Å². The maximum Gasteiger partial charge on any atom is 0.271 e. The highest BCUT2D eigenvalue weighted by molar-refractivity contribution is 6.32. The molecular weight excluding hydrogens is 244 g/mol. The summed E-state index contributed by atoms with van der Waals surface area (Å²) in [7, 11) is 0. The number of anilines is 1. The van der Waals surface area contributed by atoms with Gasteiger partial charge in [0.05, 0.1) is 18.5 Å². The molecule has 1 aromatic rings. The first-order chi connectivity index (χ1) is 8.11. The predicted octanol–water partition coefficient (Wildman–Crippen LogP) is -0.0243. The Bertz CT molecular complexity index is 450. The number of aromatic amines is 1. The zero-order chi connectivity index (χ0) is 12.4. The normalized spacial score (nSPS) is 25.0. The van der Waals surface area contributed by atoms with E-state index in [1.165, 1.54) is 6.33 Å². The predicted molar refractivity (Wildman–Crippen MR) is 65.5 cm³/mol. The zero-order valence-corrected chi connectivity index (χ0v) is 10.3. The molecule has 1 fully saturated rings. The molecule has 7 heteroatoms.